The van der Waals surface area contributed by atoms with Crippen molar-refractivity contribution in [2.75, 3.05) is 10.6 Å². The summed E-state index contributed by atoms with van der Waals surface area (Å²) < 4.78 is 6.92. The van der Waals surface area contributed by atoms with Gasteiger partial charge < -0.3 is 20.4 Å². The molecule has 5 rings (SSSR count). The Hall–Kier alpha value is -4.28. The molecule has 0 aliphatic rings. The summed E-state index contributed by atoms with van der Waals surface area (Å²) in [6, 6.07) is 31.6. The van der Waals surface area contributed by atoms with Crippen molar-refractivity contribution in [3.8, 4) is 11.3 Å². The van der Waals surface area contributed by atoms with Crippen molar-refractivity contribution in [2.24, 2.45) is 0 Å². The van der Waals surface area contributed by atoms with Gasteiger partial charge in [0.25, 0.3) is 11.8 Å². The van der Waals surface area contributed by atoms with E-state index in [-0.39, 0.29) is 11.6 Å². The van der Waals surface area contributed by atoms with Gasteiger partial charge in [-0.15, -0.1) is 11.8 Å². The number of nitrogens with one attached hydrogen (secondary N) is 3. The van der Waals surface area contributed by atoms with E-state index in [1.54, 1.807) is 91.9 Å². The summed E-state index contributed by atoms with van der Waals surface area (Å²) in [5.41, 5.74) is 2.23. The molecule has 1 heterocycles. The van der Waals surface area contributed by atoms with E-state index < -0.39 is 17.1 Å². The number of halogens is 3. The van der Waals surface area contributed by atoms with Gasteiger partial charge in [0, 0.05) is 37.3 Å². The molecule has 0 saturated carbocycles. The average Bonchev–Trinajstić information content (AvgIpc) is 3.52. The van der Waals surface area contributed by atoms with Crippen LogP contribution in [0, 0.1) is 0 Å². The molecule has 0 spiro atoms. The van der Waals surface area contributed by atoms with Gasteiger partial charge in [-0.1, -0.05) is 69.5 Å². The fraction of sp³-hybridized carbons (Fsp3) is 0.0571. The van der Waals surface area contributed by atoms with Crippen LogP contribution >= 0.6 is 50.9 Å². The van der Waals surface area contributed by atoms with Gasteiger partial charge in [-0.25, -0.2) is 0 Å². The molecule has 46 heavy (non-hydrogen) atoms. The predicted octanol–water partition coefficient (Wildman–Crippen LogP) is 9.54. The maximum absolute atomic E-state index is 13.5. The molecule has 7 nitrogen and oxygen atoms in total. The van der Waals surface area contributed by atoms with Crippen LogP contribution in [-0.2, 0) is 9.59 Å². The van der Waals surface area contributed by atoms with E-state index in [1.807, 2.05) is 24.3 Å². The first-order chi connectivity index (χ1) is 22.1. The zero-order chi connectivity index (χ0) is 32.6. The minimum absolute atomic E-state index is 0.00448. The fourth-order valence-electron chi connectivity index (χ4n) is 4.18. The fourth-order valence-corrected chi connectivity index (χ4v) is 5.77. The molecule has 3 N–H and O–H groups in total. The summed E-state index contributed by atoms with van der Waals surface area (Å²) in [6.45, 7) is 1.78. The highest BCUT2D eigenvalue weighted by Crippen LogP contribution is 2.29. The highest BCUT2D eigenvalue weighted by Gasteiger charge is 2.18. The minimum atomic E-state index is -0.543. The molecule has 0 radical (unpaired) electrons. The number of hydrogen-bond donors (Lipinski definition) is 3. The van der Waals surface area contributed by atoms with Crippen LogP contribution in [0.25, 0.3) is 17.4 Å². The molecule has 0 bridgehead atoms. The molecule has 0 aliphatic heterocycles. The number of rotatable bonds is 10. The third kappa shape index (κ3) is 8.92. The Kier molecular flexibility index (Phi) is 11.0. The zero-order valence-electron chi connectivity index (χ0n) is 24.2. The number of furan rings is 1. The highest BCUT2D eigenvalue weighted by atomic mass is 79.9. The number of carbonyl (C=O) groups is 3. The predicted molar refractivity (Wildman–Crippen MR) is 189 cm³/mol. The van der Waals surface area contributed by atoms with Crippen LogP contribution in [0.5, 0.6) is 0 Å². The number of hydrogen-bond acceptors (Lipinski definition) is 5. The molecule has 5 aromatic rings. The minimum Gasteiger partial charge on any atom is -0.457 e. The standard InChI is InChI=1S/C35H26BrCl2N3O4S/c1-21(33(42)40-30-17-11-25(37)19-29(30)38)46-28-15-12-26(13-16-28)39-35(44)31(41-34(43)23-5-3-2-4-6-23)20-27-14-18-32(45-27)22-7-9-24(36)10-8-22/h2-21H,1H3,(H,39,44)(H,40,42)(H,41,43). The Morgan fingerprint density at radius 1 is 0.848 bits per heavy atom. The molecule has 1 aromatic heterocycles. The lowest BCUT2D eigenvalue weighted by Gasteiger charge is -2.14. The summed E-state index contributed by atoms with van der Waals surface area (Å²) >= 11 is 16.9. The van der Waals surface area contributed by atoms with Crippen LogP contribution in [0.1, 0.15) is 23.0 Å². The quantitative estimate of drug-likeness (QED) is 0.0981. The summed E-state index contributed by atoms with van der Waals surface area (Å²) in [5, 5.41) is 8.74. The first-order valence-corrected chi connectivity index (χ1v) is 16.4. The molecule has 0 aliphatic carbocycles. The lowest BCUT2D eigenvalue weighted by molar-refractivity contribution is -0.115. The Morgan fingerprint density at radius 3 is 2.26 bits per heavy atom. The highest BCUT2D eigenvalue weighted by molar-refractivity contribution is 9.10. The largest absolute Gasteiger partial charge is 0.457 e. The first kappa shape index (κ1) is 33.1. The van der Waals surface area contributed by atoms with E-state index in [9.17, 15) is 14.4 Å². The smallest absolute Gasteiger partial charge is 0.272 e. The van der Waals surface area contributed by atoms with Crippen molar-refractivity contribution in [2.45, 2.75) is 17.1 Å². The number of anilines is 2. The van der Waals surface area contributed by atoms with Crippen LogP contribution in [0.2, 0.25) is 10.0 Å². The van der Waals surface area contributed by atoms with Gasteiger partial charge in [0.2, 0.25) is 5.91 Å². The van der Waals surface area contributed by atoms with Gasteiger partial charge >= 0.3 is 0 Å². The van der Waals surface area contributed by atoms with Crippen molar-refractivity contribution < 1.29 is 18.8 Å². The van der Waals surface area contributed by atoms with Gasteiger partial charge in [-0.2, -0.15) is 0 Å². The zero-order valence-corrected chi connectivity index (χ0v) is 28.1. The molecule has 0 fully saturated rings. The van der Waals surface area contributed by atoms with E-state index in [0.29, 0.717) is 38.5 Å². The second-order valence-corrected chi connectivity index (χ2v) is 13.1. The lowest BCUT2D eigenvalue weighted by Crippen LogP contribution is -2.30. The Bertz CT molecular complexity index is 1900. The second kappa shape index (κ2) is 15.3. The van der Waals surface area contributed by atoms with Crippen LogP contribution in [0.3, 0.4) is 0 Å². The summed E-state index contributed by atoms with van der Waals surface area (Å²) in [7, 11) is 0. The number of benzene rings is 4. The third-order valence-electron chi connectivity index (χ3n) is 6.55. The topological polar surface area (TPSA) is 100 Å². The van der Waals surface area contributed by atoms with Gasteiger partial charge in [0.15, 0.2) is 0 Å². The van der Waals surface area contributed by atoms with Crippen LogP contribution in [0.15, 0.2) is 129 Å². The van der Waals surface area contributed by atoms with Gasteiger partial charge in [-0.05, 0) is 85.8 Å². The maximum Gasteiger partial charge on any atom is 0.272 e. The molecule has 3 amide bonds. The van der Waals surface area contributed by atoms with E-state index in [2.05, 4.69) is 31.9 Å². The van der Waals surface area contributed by atoms with E-state index in [4.69, 9.17) is 27.6 Å². The van der Waals surface area contributed by atoms with E-state index in [1.165, 1.54) is 17.8 Å². The number of thioether (sulfide) groups is 1. The number of carbonyl (C=O) groups excluding carboxylic acids is 3. The molecule has 4 aromatic carbocycles. The molecule has 1 atom stereocenters. The van der Waals surface area contributed by atoms with Gasteiger partial charge in [0.1, 0.15) is 17.2 Å². The third-order valence-corrected chi connectivity index (χ3v) is 8.74. The van der Waals surface area contributed by atoms with Crippen molar-refractivity contribution in [3.63, 3.8) is 0 Å². The monoisotopic (exact) mass is 733 g/mol. The molecule has 232 valence electrons. The molecule has 11 heteroatoms. The Morgan fingerprint density at radius 2 is 1.57 bits per heavy atom. The van der Waals surface area contributed by atoms with E-state index >= 15 is 0 Å². The van der Waals surface area contributed by atoms with Crippen LogP contribution in [-0.4, -0.2) is 23.0 Å². The first-order valence-electron chi connectivity index (χ1n) is 13.9. The van der Waals surface area contributed by atoms with Gasteiger partial charge in [0.05, 0.1) is 16.0 Å². The number of amides is 3. The normalized spacial score (nSPS) is 11.9. The molecule has 1 unspecified atom stereocenters. The van der Waals surface area contributed by atoms with Crippen molar-refractivity contribution in [3.05, 3.63) is 141 Å². The van der Waals surface area contributed by atoms with Crippen LogP contribution in [0.4, 0.5) is 11.4 Å². The van der Waals surface area contributed by atoms with Crippen molar-refractivity contribution in [1.82, 2.24) is 5.32 Å². The van der Waals surface area contributed by atoms with Crippen LogP contribution < -0.4 is 16.0 Å². The van der Waals surface area contributed by atoms with E-state index in [0.717, 1.165) is 14.9 Å². The molecule has 0 saturated heterocycles. The summed E-state index contributed by atoms with van der Waals surface area (Å²) in [4.78, 5) is 40.0. The van der Waals surface area contributed by atoms with Crippen molar-refractivity contribution in [1.29, 1.82) is 0 Å². The Balaban J connectivity index is 1.28. The second-order valence-electron chi connectivity index (χ2n) is 9.94. The molecular weight excluding hydrogens is 709 g/mol. The lowest BCUT2D eigenvalue weighted by atomic mass is 10.2. The maximum atomic E-state index is 13.5. The Labute approximate surface area is 288 Å². The SMILES string of the molecule is CC(Sc1ccc(NC(=O)C(=Cc2ccc(-c3ccc(Br)cc3)o2)NC(=O)c2ccccc2)cc1)C(=O)Nc1ccc(Cl)cc1Cl. The van der Waals surface area contributed by atoms with Crippen molar-refractivity contribution >= 4 is 86.1 Å². The molecular formula is C35H26BrCl2N3O4S. The average molecular weight is 735 g/mol. The summed E-state index contributed by atoms with van der Waals surface area (Å²) in [6.07, 6.45) is 1.48. The summed E-state index contributed by atoms with van der Waals surface area (Å²) in [5.74, 6) is -0.216. The van der Waals surface area contributed by atoms with Gasteiger partial charge in [-0.3, -0.25) is 14.4 Å².